The Morgan fingerprint density at radius 3 is 2.36 bits per heavy atom. The highest BCUT2D eigenvalue weighted by atomic mass is 16.7. The van der Waals surface area contributed by atoms with Crippen LogP contribution in [0, 0.1) is 5.41 Å². The Morgan fingerprint density at radius 1 is 1.23 bits per heavy atom. The van der Waals surface area contributed by atoms with Crippen LogP contribution in [0.2, 0.25) is 0 Å². The van der Waals surface area contributed by atoms with Crippen molar-refractivity contribution >= 4 is 17.8 Å². The molecule has 2 amide bonds. The molecule has 0 spiro atoms. The van der Waals surface area contributed by atoms with E-state index in [1.807, 2.05) is 0 Å². The molecule has 0 aromatic carbocycles. The van der Waals surface area contributed by atoms with Gasteiger partial charge >= 0.3 is 5.97 Å². The van der Waals surface area contributed by atoms with Gasteiger partial charge < -0.3 is 14.3 Å². The minimum absolute atomic E-state index is 0.0744. The summed E-state index contributed by atoms with van der Waals surface area (Å²) in [4.78, 5) is 38.8. The van der Waals surface area contributed by atoms with Crippen LogP contribution >= 0.6 is 0 Å². The van der Waals surface area contributed by atoms with Gasteiger partial charge in [0.15, 0.2) is 0 Å². The predicted molar refractivity (Wildman–Crippen MR) is 77.5 cm³/mol. The second-order valence-corrected chi connectivity index (χ2v) is 6.55. The molecule has 1 saturated heterocycles. The van der Waals surface area contributed by atoms with E-state index < -0.39 is 17.8 Å². The molecule has 0 saturated carbocycles. The smallest absolute Gasteiger partial charge is 0.358 e. The van der Waals surface area contributed by atoms with E-state index in [0.717, 1.165) is 6.42 Å². The second kappa shape index (κ2) is 8.24. The number of carbonyl (C=O) groups excluding carboxylic acids is 3. The van der Waals surface area contributed by atoms with Crippen molar-refractivity contribution in [2.24, 2.45) is 5.41 Å². The monoisotopic (exact) mass is 315 g/mol. The summed E-state index contributed by atoms with van der Waals surface area (Å²) >= 11 is 0. The number of nitrogens with zero attached hydrogens (tertiary/aromatic N) is 1. The molecule has 1 atom stereocenters. The van der Waals surface area contributed by atoms with E-state index in [-0.39, 0.29) is 31.0 Å². The van der Waals surface area contributed by atoms with Crippen molar-refractivity contribution in [3.05, 3.63) is 0 Å². The lowest BCUT2D eigenvalue weighted by atomic mass is 9.93. The average molecular weight is 315 g/mol. The number of ether oxygens (including phenoxy) is 2. The molecule has 1 unspecified atom stereocenters. The molecule has 0 bridgehead atoms. The largest absolute Gasteiger partial charge is 0.379 e. The van der Waals surface area contributed by atoms with E-state index in [0.29, 0.717) is 18.3 Å². The first-order chi connectivity index (χ1) is 10.2. The van der Waals surface area contributed by atoms with Gasteiger partial charge in [-0.3, -0.25) is 9.59 Å². The van der Waals surface area contributed by atoms with Crippen LogP contribution in [0.4, 0.5) is 0 Å². The van der Waals surface area contributed by atoms with Crippen LogP contribution in [0.25, 0.3) is 0 Å². The van der Waals surface area contributed by atoms with E-state index in [9.17, 15) is 14.4 Å². The highest BCUT2D eigenvalue weighted by Gasteiger charge is 2.32. The molecule has 1 aliphatic heterocycles. The summed E-state index contributed by atoms with van der Waals surface area (Å²) < 4.78 is 10.7. The summed E-state index contributed by atoms with van der Waals surface area (Å²) in [5.74, 6) is -1.78. The van der Waals surface area contributed by atoms with Crippen LogP contribution in [0.3, 0.4) is 0 Å². The SMILES string of the molecule is CC(COCCC(C)(C)C)OCC(=O)ON1C(=O)CCC1=O. The number of rotatable bonds is 8. The fourth-order valence-corrected chi connectivity index (χ4v) is 1.67. The molecule has 126 valence electrons. The Morgan fingerprint density at radius 2 is 1.82 bits per heavy atom. The van der Waals surface area contributed by atoms with E-state index in [1.165, 1.54) is 0 Å². The van der Waals surface area contributed by atoms with Crippen LogP contribution in [0.1, 0.15) is 47.0 Å². The molecule has 1 heterocycles. The third-order valence-electron chi connectivity index (χ3n) is 3.03. The fraction of sp³-hybridized carbons (Fsp3) is 0.800. The van der Waals surface area contributed by atoms with Crippen LogP contribution in [-0.2, 0) is 28.7 Å². The first-order valence-electron chi connectivity index (χ1n) is 7.45. The maximum absolute atomic E-state index is 11.5. The Balaban J connectivity index is 2.15. The number of hydroxylamine groups is 2. The predicted octanol–water partition coefficient (Wildman–Crippen LogP) is 1.45. The summed E-state index contributed by atoms with van der Waals surface area (Å²) in [6.07, 6.45) is 0.800. The second-order valence-electron chi connectivity index (χ2n) is 6.55. The first-order valence-corrected chi connectivity index (χ1v) is 7.45. The Kier molecular flexibility index (Phi) is 6.96. The Hall–Kier alpha value is -1.47. The van der Waals surface area contributed by atoms with E-state index in [4.69, 9.17) is 9.47 Å². The van der Waals surface area contributed by atoms with Gasteiger partial charge in [-0.15, -0.1) is 5.06 Å². The van der Waals surface area contributed by atoms with Gasteiger partial charge in [0, 0.05) is 19.4 Å². The third-order valence-corrected chi connectivity index (χ3v) is 3.03. The summed E-state index contributed by atoms with van der Waals surface area (Å²) in [7, 11) is 0. The first kappa shape index (κ1) is 18.6. The molecule has 0 aromatic rings. The maximum atomic E-state index is 11.5. The minimum Gasteiger partial charge on any atom is -0.379 e. The lowest BCUT2D eigenvalue weighted by Crippen LogP contribution is -2.34. The maximum Gasteiger partial charge on any atom is 0.358 e. The fourth-order valence-electron chi connectivity index (χ4n) is 1.67. The zero-order valence-corrected chi connectivity index (χ0v) is 13.7. The molecule has 0 radical (unpaired) electrons. The Bertz CT molecular complexity index is 399. The van der Waals surface area contributed by atoms with Crippen molar-refractivity contribution in [3.63, 3.8) is 0 Å². The molecule has 7 nitrogen and oxygen atoms in total. The van der Waals surface area contributed by atoms with Crippen molar-refractivity contribution in [1.29, 1.82) is 0 Å². The van der Waals surface area contributed by atoms with Gasteiger partial charge in [-0.05, 0) is 18.8 Å². The number of imide groups is 1. The van der Waals surface area contributed by atoms with Crippen molar-refractivity contribution in [1.82, 2.24) is 5.06 Å². The minimum atomic E-state index is -0.773. The number of hydrogen-bond donors (Lipinski definition) is 0. The van der Waals surface area contributed by atoms with Crippen molar-refractivity contribution in [2.75, 3.05) is 19.8 Å². The molecule has 1 fully saturated rings. The van der Waals surface area contributed by atoms with Gasteiger partial charge in [-0.1, -0.05) is 20.8 Å². The topological polar surface area (TPSA) is 82.1 Å². The molecular formula is C15H25NO6. The summed E-state index contributed by atoms with van der Waals surface area (Å²) in [5.41, 5.74) is 0.211. The Labute approximate surface area is 130 Å². The molecule has 0 aromatic heterocycles. The zero-order valence-electron chi connectivity index (χ0n) is 13.7. The third kappa shape index (κ3) is 7.00. The summed E-state index contributed by atoms with van der Waals surface area (Å²) in [5, 5.41) is 0.510. The molecule has 0 N–H and O–H groups in total. The normalized spacial score (nSPS) is 17.0. The van der Waals surface area contributed by atoms with Gasteiger partial charge in [0.1, 0.15) is 6.61 Å². The lowest BCUT2D eigenvalue weighted by molar-refractivity contribution is -0.201. The standard InChI is InChI=1S/C15H25NO6/c1-11(9-20-8-7-15(2,3)4)21-10-14(19)22-16-12(17)5-6-13(16)18/h11H,5-10H2,1-4H3. The number of carbonyl (C=O) groups is 3. The van der Waals surface area contributed by atoms with E-state index >= 15 is 0 Å². The quantitative estimate of drug-likeness (QED) is 0.498. The molecular weight excluding hydrogens is 290 g/mol. The van der Waals surface area contributed by atoms with Crippen molar-refractivity contribution in [2.45, 2.75) is 53.1 Å². The van der Waals surface area contributed by atoms with E-state index in [1.54, 1.807) is 6.92 Å². The van der Waals surface area contributed by atoms with Crippen LogP contribution in [0.5, 0.6) is 0 Å². The van der Waals surface area contributed by atoms with Gasteiger partial charge in [-0.2, -0.15) is 0 Å². The molecule has 1 aliphatic rings. The zero-order chi connectivity index (χ0) is 16.8. The molecule has 1 rings (SSSR count). The highest BCUT2D eigenvalue weighted by Crippen LogP contribution is 2.18. The van der Waals surface area contributed by atoms with Gasteiger partial charge in [0.2, 0.25) is 0 Å². The number of amides is 2. The molecule has 22 heavy (non-hydrogen) atoms. The van der Waals surface area contributed by atoms with Crippen molar-refractivity contribution in [3.8, 4) is 0 Å². The van der Waals surface area contributed by atoms with E-state index in [2.05, 4.69) is 25.6 Å². The van der Waals surface area contributed by atoms with Crippen LogP contribution < -0.4 is 0 Å². The van der Waals surface area contributed by atoms with Gasteiger partial charge in [0.25, 0.3) is 11.8 Å². The average Bonchev–Trinajstić information content (AvgIpc) is 2.72. The van der Waals surface area contributed by atoms with Crippen molar-refractivity contribution < 1.29 is 28.7 Å². The molecule has 0 aliphatic carbocycles. The van der Waals surface area contributed by atoms with Gasteiger partial charge in [-0.25, -0.2) is 4.79 Å². The van der Waals surface area contributed by atoms with Crippen LogP contribution in [0.15, 0.2) is 0 Å². The summed E-state index contributed by atoms with van der Waals surface area (Å²) in [6, 6.07) is 0. The highest BCUT2D eigenvalue weighted by molar-refractivity contribution is 6.01. The van der Waals surface area contributed by atoms with Crippen LogP contribution in [-0.4, -0.2) is 48.8 Å². The summed E-state index contributed by atoms with van der Waals surface area (Å²) in [6.45, 7) is 8.83. The number of hydrogen-bond acceptors (Lipinski definition) is 6. The van der Waals surface area contributed by atoms with Gasteiger partial charge in [0.05, 0.1) is 12.7 Å². The molecule has 7 heteroatoms. The lowest BCUT2D eigenvalue weighted by Gasteiger charge is -2.19.